The smallest absolute Gasteiger partial charge is 0.143 e. The van der Waals surface area contributed by atoms with E-state index in [0.717, 1.165) is 21.8 Å². The molecule has 3 aromatic rings. The molecule has 0 atom stereocenters. The topological polar surface area (TPSA) is 33.1 Å². The summed E-state index contributed by atoms with van der Waals surface area (Å²) in [7, 11) is 0. The van der Waals surface area contributed by atoms with Gasteiger partial charge in [0.2, 0.25) is 0 Å². The predicted octanol–water partition coefficient (Wildman–Crippen LogP) is 6.52. The van der Waals surface area contributed by atoms with E-state index in [0.29, 0.717) is 8.95 Å². The summed E-state index contributed by atoms with van der Waals surface area (Å²) >= 11 is 8.28. The van der Waals surface area contributed by atoms with Gasteiger partial charge in [-0.05, 0) is 62.6 Å². The van der Waals surface area contributed by atoms with Gasteiger partial charge in [0.1, 0.15) is 10.8 Å². The number of aromatic hydroxyl groups is 1. The Kier molecular flexibility index (Phi) is 4.99. The molecule has 0 amide bonds. The lowest BCUT2D eigenvalue weighted by Gasteiger charge is -2.01. The third kappa shape index (κ3) is 3.91. The van der Waals surface area contributed by atoms with Crippen LogP contribution in [-0.4, -0.2) is 10.1 Å². The van der Waals surface area contributed by atoms with E-state index in [1.54, 1.807) is 11.3 Å². The van der Waals surface area contributed by atoms with Gasteiger partial charge in [-0.2, -0.15) is 0 Å². The van der Waals surface area contributed by atoms with Gasteiger partial charge in [-0.1, -0.05) is 35.9 Å². The summed E-state index contributed by atoms with van der Waals surface area (Å²) in [5, 5.41) is 12.7. The minimum atomic E-state index is 0.207. The first kappa shape index (κ1) is 16.4. The van der Waals surface area contributed by atoms with Crippen molar-refractivity contribution in [3.8, 4) is 17.0 Å². The Hall–Kier alpha value is -1.43. The molecule has 1 aromatic heterocycles. The van der Waals surface area contributed by atoms with Crippen molar-refractivity contribution in [2.45, 2.75) is 6.92 Å². The molecule has 0 saturated carbocycles. The highest BCUT2D eigenvalue weighted by atomic mass is 79.9. The molecule has 5 heteroatoms. The molecule has 1 heterocycles. The summed E-state index contributed by atoms with van der Waals surface area (Å²) in [4.78, 5) is 4.65. The van der Waals surface area contributed by atoms with Crippen LogP contribution in [-0.2, 0) is 0 Å². The number of nitrogens with zero attached hydrogens (tertiary/aromatic N) is 1. The Balaban J connectivity index is 1.82. The number of hydrogen-bond acceptors (Lipinski definition) is 3. The maximum absolute atomic E-state index is 9.74. The van der Waals surface area contributed by atoms with Gasteiger partial charge >= 0.3 is 0 Å². The molecule has 0 radical (unpaired) electrons. The van der Waals surface area contributed by atoms with Crippen LogP contribution in [0, 0.1) is 6.92 Å². The number of phenolic OH excluding ortho intramolecular Hbond substituents is 1. The average Bonchev–Trinajstić information content (AvgIpc) is 3.00. The fraction of sp³-hybridized carbons (Fsp3) is 0.0556. The second-order valence-corrected chi connectivity index (χ2v) is 7.70. The second kappa shape index (κ2) is 6.99. The number of aryl methyl sites for hydroxylation is 1. The summed E-state index contributed by atoms with van der Waals surface area (Å²) in [6.07, 6.45) is 3.96. The van der Waals surface area contributed by atoms with Crippen molar-refractivity contribution in [3.05, 3.63) is 66.9 Å². The van der Waals surface area contributed by atoms with E-state index in [4.69, 9.17) is 0 Å². The first-order chi connectivity index (χ1) is 11.0. The van der Waals surface area contributed by atoms with Gasteiger partial charge in [0.25, 0.3) is 0 Å². The summed E-state index contributed by atoms with van der Waals surface area (Å²) in [5.74, 6) is 0.207. The predicted molar refractivity (Wildman–Crippen MR) is 105 cm³/mol. The van der Waals surface area contributed by atoms with Crippen LogP contribution >= 0.6 is 43.2 Å². The molecule has 2 nitrogen and oxygen atoms in total. The van der Waals surface area contributed by atoms with E-state index in [9.17, 15) is 5.11 Å². The van der Waals surface area contributed by atoms with E-state index in [2.05, 4.69) is 73.4 Å². The summed E-state index contributed by atoms with van der Waals surface area (Å²) in [5.41, 5.74) is 4.34. The van der Waals surface area contributed by atoms with Gasteiger partial charge in [-0.15, -0.1) is 11.3 Å². The second-order valence-electron chi connectivity index (χ2n) is 5.10. The fourth-order valence-corrected chi connectivity index (χ4v) is 4.01. The lowest BCUT2D eigenvalue weighted by atomic mass is 10.1. The first-order valence-corrected chi connectivity index (χ1v) is 9.38. The van der Waals surface area contributed by atoms with Gasteiger partial charge < -0.3 is 5.11 Å². The van der Waals surface area contributed by atoms with Gasteiger partial charge in [-0.3, -0.25) is 0 Å². The van der Waals surface area contributed by atoms with Crippen LogP contribution in [0.3, 0.4) is 0 Å². The summed E-state index contributed by atoms with van der Waals surface area (Å²) < 4.78 is 1.32. The Bertz CT molecular complexity index is 846. The van der Waals surface area contributed by atoms with Gasteiger partial charge in [0.15, 0.2) is 0 Å². The van der Waals surface area contributed by atoms with E-state index in [-0.39, 0.29) is 5.75 Å². The molecule has 0 fully saturated rings. The van der Waals surface area contributed by atoms with E-state index >= 15 is 0 Å². The average molecular weight is 451 g/mol. The zero-order valence-corrected chi connectivity index (χ0v) is 16.2. The maximum Gasteiger partial charge on any atom is 0.143 e. The quantitative estimate of drug-likeness (QED) is 0.492. The lowest BCUT2D eigenvalue weighted by Crippen LogP contribution is -1.79. The zero-order valence-electron chi connectivity index (χ0n) is 12.3. The van der Waals surface area contributed by atoms with Crippen molar-refractivity contribution in [1.29, 1.82) is 0 Å². The molecule has 0 saturated heterocycles. The fourth-order valence-electron chi connectivity index (χ4n) is 2.07. The molecule has 0 aliphatic carbocycles. The van der Waals surface area contributed by atoms with Crippen LogP contribution in [0.2, 0.25) is 0 Å². The normalized spacial score (nSPS) is 11.3. The van der Waals surface area contributed by atoms with Gasteiger partial charge in [-0.25, -0.2) is 4.98 Å². The highest BCUT2D eigenvalue weighted by Gasteiger charge is 2.05. The number of aromatic nitrogens is 1. The molecule has 0 aliphatic heterocycles. The first-order valence-electron chi connectivity index (χ1n) is 6.91. The standard InChI is InChI=1S/C18H13Br2NOS/c1-11-2-5-13(6-3-11)16-10-23-17(21-16)7-4-12-8-14(19)18(22)15(20)9-12/h2-10,22H,1H3. The molecule has 3 rings (SSSR count). The Labute approximate surface area is 155 Å². The molecule has 2 aromatic carbocycles. The zero-order chi connectivity index (χ0) is 16.4. The maximum atomic E-state index is 9.74. The van der Waals surface area contributed by atoms with Crippen LogP contribution in [0.25, 0.3) is 23.4 Å². The third-order valence-corrected chi connectivity index (χ3v) is 5.35. The van der Waals surface area contributed by atoms with Crippen molar-refractivity contribution in [3.63, 3.8) is 0 Å². The minimum absolute atomic E-state index is 0.207. The third-order valence-electron chi connectivity index (χ3n) is 3.33. The van der Waals surface area contributed by atoms with Crippen LogP contribution in [0.4, 0.5) is 0 Å². The van der Waals surface area contributed by atoms with E-state index < -0.39 is 0 Å². The largest absolute Gasteiger partial charge is 0.506 e. The molecule has 0 unspecified atom stereocenters. The van der Waals surface area contributed by atoms with Crippen molar-refractivity contribution < 1.29 is 5.11 Å². The molecular formula is C18H13Br2NOS. The Morgan fingerprint density at radius 3 is 2.35 bits per heavy atom. The highest BCUT2D eigenvalue weighted by Crippen LogP contribution is 2.34. The molecule has 0 spiro atoms. The highest BCUT2D eigenvalue weighted by molar-refractivity contribution is 9.11. The van der Waals surface area contributed by atoms with Crippen molar-refractivity contribution in [2.75, 3.05) is 0 Å². The molecular weight excluding hydrogens is 438 g/mol. The molecule has 1 N–H and O–H groups in total. The van der Waals surface area contributed by atoms with E-state index in [1.807, 2.05) is 24.3 Å². The number of thiazole rings is 1. The summed E-state index contributed by atoms with van der Waals surface area (Å²) in [6, 6.07) is 12.1. The van der Waals surface area contributed by atoms with Crippen molar-refractivity contribution >= 4 is 55.3 Å². The Morgan fingerprint density at radius 1 is 1.04 bits per heavy atom. The number of phenols is 1. The van der Waals surface area contributed by atoms with Crippen molar-refractivity contribution in [2.24, 2.45) is 0 Å². The molecule has 116 valence electrons. The van der Waals surface area contributed by atoms with Crippen molar-refractivity contribution in [1.82, 2.24) is 4.98 Å². The SMILES string of the molecule is Cc1ccc(-c2csc(C=Cc3cc(Br)c(O)c(Br)c3)n2)cc1. The van der Waals surface area contributed by atoms with Gasteiger partial charge in [0, 0.05) is 10.9 Å². The lowest BCUT2D eigenvalue weighted by molar-refractivity contribution is 0.468. The number of hydrogen-bond donors (Lipinski definition) is 1. The monoisotopic (exact) mass is 449 g/mol. The molecule has 23 heavy (non-hydrogen) atoms. The number of rotatable bonds is 3. The minimum Gasteiger partial charge on any atom is -0.506 e. The van der Waals surface area contributed by atoms with Crippen LogP contribution < -0.4 is 0 Å². The molecule has 0 bridgehead atoms. The number of halogens is 2. The Morgan fingerprint density at radius 2 is 1.70 bits per heavy atom. The van der Waals surface area contributed by atoms with Crippen LogP contribution in [0.15, 0.2) is 50.7 Å². The van der Waals surface area contributed by atoms with Crippen LogP contribution in [0.1, 0.15) is 16.1 Å². The van der Waals surface area contributed by atoms with E-state index in [1.165, 1.54) is 5.56 Å². The number of benzene rings is 2. The molecule has 0 aliphatic rings. The van der Waals surface area contributed by atoms with Crippen LogP contribution in [0.5, 0.6) is 5.75 Å². The summed E-state index contributed by atoms with van der Waals surface area (Å²) in [6.45, 7) is 2.08. The van der Waals surface area contributed by atoms with Gasteiger partial charge in [0.05, 0.1) is 14.6 Å².